The van der Waals surface area contributed by atoms with Gasteiger partial charge in [-0.25, -0.2) is 9.59 Å². The van der Waals surface area contributed by atoms with Crippen LogP contribution in [0, 0.1) is 0 Å². The number of esters is 1. The third-order valence-electron chi connectivity index (χ3n) is 4.02. The Hall–Kier alpha value is -4.14. The molecule has 9 heteroatoms. The van der Waals surface area contributed by atoms with E-state index in [4.69, 9.17) is 28.8 Å². The standard InChI is InChI=1S/C22H22O9/c1-27-15-9-14(10-16(28-2)21(15)26)6-8-20(25)31-22-17(29-3)11-13(5-7-19(23)24)12-18(22)30-4/h5-12,26H,1-4H3,(H,23,24)/b7-5+,8-6+. The Kier molecular flexibility index (Phi) is 7.90. The monoisotopic (exact) mass is 430 g/mol. The summed E-state index contributed by atoms with van der Waals surface area (Å²) >= 11 is 0. The van der Waals surface area contributed by atoms with Gasteiger partial charge in [0, 0.05) is 12.2 Å². The van der Waals surface area contributed by atoms with Crippen LogP contribution in [0.5, 0.6) is 34.5 Å². The smallest absolute Gasteiger partial charge is 0.336 e. The number of rotatable bonds is 9. The Bertz CT molecular complexity index is 972. The number of carboxylic acid groups (broad SMARTS) is 1. The van der Waals surface area contributed by atoms with Gasteiger partial charge in [-0.2, -0.15) is 0 Å². The molecule has 2 aromatic carbocycles. The van der Waals surface area contributed by atoms with E-state index in [1.165, 1.54) is 70.9 Å². The molecule has 0 aliphatic carbocycles. The number of carbonyl (C=O) groups excluding carboxylic acids is 1. The van der Waals surface area contributed by atoms with Gasteiger partial charge in [0.05, 0.1) is 28.4 Å². The Morgan fingerprint density at radius 1 is 0.742 bits per heavy atom. The number of phenols is 1. The number of ether oxygens (including phenoxy) is 5. The molecule has 31 heavy (non-hydrogen) atoms. The Morgan fingerprint density at radius 2 is 1.16 bits per heavy atom. The van der Waals surface area contributed by atoms with E-state index in [9.17, 15) is 14.7 Å². The number of hydrogen-bond acceptors (Lipinski definition) is 8. The lowest BCUT2D eigenvalue weighted by Gasteiger charge is -2.13. The fraction of sp³-hybridized carbons (Fsp3) is 0.182. The van der Waals surface area contributed by atoms with E-state index in [1.807, 2.05) is 0 Å². The highest BCUT2D eigenvalue weighted by Crippen LogP contribution is 2.39. The molecule has 0 radical (unpaired) electrons. The van der Waals surface area contributed by atoms with Crippen molar-refractivity contribution < 1.29 is 43.5 Å². The van der Waals surface area contributed by atoms with Gasteiger partial charge < -0.3 is 33.9 Å². The van der Waals surface area contributed by atoms with Crippen LogP contribution in [0.15, 0.2) is 36.4 Å². The van der Waals surface area contributed by atoms with Gasteiger partial charge in [-0.1, -0.05) is 0 Å². The minimum atomic E-state index is -1.11. The highest BCUT2D eigenvalue weighted by atomic mass is 16.6. The molecular weight excluding hydrogens is 408 g/mol. The molecule has 0 saturated carbocycles. The molecule has 2 aromatic rings. The first kappa shape index (κ1) is 23.1. The number of benzene rings is 2. The van der Waals surface area contributed by atoms with Crippen molar-refractivity contribution in [3.8, 4) is 34.5 Å². The molecule has 0 aliphatic rings. The second kappa shape index (κ2) is 10.6. The molecule has 0 saturated heterocycles. The summed E-state index contributed by atoms with van der Waals surface area (Å²) in [4.78, 5) is 23.1. The van der Waals surface area contributed by atoms with Crippen molar-refractivity contribution in [2.24, 2.45) is 0 Å². The van der Waals surface area contributed by atoms with Gasteiger partial charge in [0.1, 0.15) is 0 Å². The number of methoxy groups -OCH3 is 4. The molecule has 2 rings (SSSR count). The van der Waals surface area contributed by atoms with Crippen LogP contribution in [-0.2, 0) is 9.59 Å². The zero-order valence-electron chi connectivity index (χ0n) is 17.4. The second-order valence-electron chi connectivity index (χ2n) is 5.95. The van der Waals surface area contributed by atoms with Gasteiger partial charge in [0.25, 0.3) is 0 Å². The Morgan fingerprint density at radius 3 is 1.58 bits per heavy atom. The van der Waals surface area contributed by atoms with Gasteiger partial charge in [0.15, 0.2) is 23.0 Å². The van der Waals surface area contributed by atoms with Crippen LogP contribution in [0.1, 0.15) is 11.1 Å². The van der Waals surface area contributed by atoms with Crippen molar-refractivity contribution in [2.45, 2.75) is 0 Å². The minimum Gasteiger partial charge on any atom is -0.502 e. The topological polar surface area (TPSA) is 121 Å². The van der Waals surface area contributed by atoms with Crippen LogP contribution in [0.3, 0.4) is 0 Å². The molecule has 0 spiro atoms. The molecule has 0 fully saturated rings. The molecule has 9 nitrogen and oxygen atoms in total. The lowest BCUT2D eigenvalue weighted by atomic mass is 10.1. The van der Waals surface area contributed by atoms with Crippen LogP contribution >= 0.6 is 0 Å². The largest absolute Gasteiger partial charge is 0.502 e. The summed E-state index contributed by atoms with van der Waals surface area (Å²) in [6.45, 7) is 0. The molecule has 0 atom stereocenters. The van der Waals surface area contributed by atoms with E-state index in [0.29, 0.717) is 11.1 Å². The van der Waals surface area contributed by atoms with Crippen molar-refractivity contribution in [1.29, 1.82) is 0 Å². The van der Waals surface area contributed by atoms with Crippen molar-refractivity contribution in [3.63, 3.8) is 0 Å². The number of aliphatic carboxylic acids is 1. The summed E-state index contributed by atoms with van der Waals surface area (Å²) in [5.41, 5.74) is 1.01. The Labute approximate surface area is 178 Å². The van der Waals surface area contributed by atoms with Crippen molar-refractivity contribution in [3.05, 3.63) is 47.5 Å². The fourth-order valence-corrected chi connectivity index (χ4v) is 2.57. The summed E-state index contributed by atoms with van der Waals surface area (Å²) in [5, 5.41) is 18.7. The average Bonchev–Trinajstić information content (AvgIpc) is 2.77. The number of phenolic OH excluding ortho intramolecular Hbond substituents is 1. The number of carbonyl (C=O) groups is 2. The predicted octanol–water partition coefficient (Wildman–Crippen LogP) is 3.14. The predicted molar refractivity (Wildman–Crippen MR) is 112 cm³/mol. The van der Waals surface area contributed by atoms with Crippen molar-refractivity contribution in [2.75, 3.05) is 28.4 Å². The van der Waals surface area contributed by atoms with Gasteiger partial charge >= 0.3 is 11.9 Å². The average molecular weight is 430 g/mol. The van der Waals surface area contributed by atoms with Crippen molar-refractivity contribution >= 4 is 24.1 Å². The normalized spacial score (nSPS) is 10.8. The van der Waals surface area contributed by atoms with Crippen LogP contribution < -0.4 is 23.7 Å². The maximum atomic E-state index is 12.4. The van der Waals surface area contributed by atoms with Gasteiger partial charge in [-0.05, 0) is 47.5 Å². The summed E-state index contributed by atoms with van der Waals surface area (Å²) in [7, 11) is 5.54. The number of hydrogen-bond donors (Lipinski definition) is 2. The van der Waals surface area contributed by atoms with Gasteiger partial charge in [0.2, 0.25) is 11.5 Å². The van der Waals surface area contributed by atoms with Crippen LogP contribution in [-0.4, -0.2) is 50.6 Å². The highest BCUT2D eigenvalue weighted by Gasteiger charge is 2.17. The molecule has 0 heterocycles. The van der Waals surface area contributed by atoms with E-state index in [0.717, 1.165) is 6.08 Å². The van der Waals surface area contributed by atoms with E-state index < -0.39 is 11.9 Å². The van der Waals surface area contributed by atoms with Crippen molar-refractivity contribution in [1.82, 2.24) is 0 Å². The minimum absolute atomic E-state index is 0.0352. The zero-order chi connectivity index (χ0) is 23.0. The molecule has 0 amide bonds. The molecule has 164 valence electrons. The lowest BCUT2D eigenvalue weighted by molar-refractivity contribution is -0.131. The van der Waals surface area contributed by atoms with E-state index >= 15 is 0 Å². The van der Waals surface area contributed by atoms with E-state index in [-0.39, 0.29) is 34.5 Å². The fourth-order valence-electron chi connectivity index (χ4n) is 2.57. The summed E-state index contributed by atoms with van der Waals surface area (Å²) in [6.07, 6.45) is 4.94. The van der Waals surface area contributed by atoms with Gasteiger partial charge in [-0.15, -0.1) is 0 Å². The first-order chi connectivity index (χ1) is 14.8. The van der Waals surface area contributed by atoms with E-state index in [1.54, 1.807) is 0 Å². The SMILES string of the molecule is COc1cc(/C=C/C(=O)Oc2c(OC)cc(/C=C/C(=O)O)cc2OC)cc(OC)c1O. The third kappa shape index (κ3) is 5.92. The molecule has 0 unspecified atom stereocenters. The number of carboxylic acids is 1. The summed E-state index contributed by atoms with van der Waals surface area (Å²) in [5.74, 6) is -1.23. The quantitative estimate of drug-likeness (QED) is 0.351. The Balaban J connectivity index is 2.30. The summed E-state index contributed by atoms with van der Waals surface area (Å²) in [6, 6.07) is 6.05. The molecule has 0 aromatic heterocycles. The van der Waals surface area contributed by atoms with Crippen LogP contribution in [0.4, 0.5) is 0 Å². The molecular formula is C22H22O9. The maximum absolute atomic E-state index is 12.4. The molecule has 0 aliphatic heterocycles. The second-order valence-corrected chi connectivity index (χ2v) is 5.95. The first-order valence-electron chi connectivity index (χ1n) is 8.84. The van der Waals surface area contributed by atoms with Crippen LogP contribution in [0.25, 0.3) is 12.2 Å². The molecule has 0 bridgehead atoms. The van der Waals surface area contributed by atoms with Crippen LogP contribution in [0.2, 0.25) is 0 Å². The van der Waals surface area contributed by atoms with Gasteiger partial charge in [-0.3, -0.25) is 0 Å². The third-order valence-corrected chi connectivity index (χ3v) is 4.02. The summed E-state index contributed by atoms with van der Waals surface area (Å²) < 4.78 is 26.0. The highest BCUT2D eigenvalue weighted by molar-refractivity contribution is 5.90. The maximum Gasteiger partial charge on any atom is 0.336 e. The molecule has 2 N–H and O–H groups in total. The zero-order valence-corrected chi connectivity index (χ0v) is 17.4. The lowest BCUT2D eigenvalue weighted by Crippen LogP contribution is -2.07. The first-order valence-corrected chi connectivity index (χ1v) is 8.84. The van der Waals surface area contributed by atoms with E-state index in [2.05, 4.69) is 0 Å². The number of aromatic hydroxyl groups is 1.